The van der Waals surface area contributed by atoms with Crippen molar-refractivity contribution in [2.24, 2.45) is 0 Å². The Morgan fingerprint density at radius 3 is 2.53 bits per heavy atom. The molecule has 0 bridgehead atoms. The minimum Gasteiger partial charge on any atom is -0.489 e. The summed E-state index contributed by atoms with van der Waals surface area (Å²) in [4.78, 5) is 25.8. The van der Waals surface area contributed by atoms with Gasteiger partial charge in [-0.05, 0) is 48.6 Å². The Bertz CT molecular complexity index is 886. The summed E-state index contributed by atoms with van der Waals surface area (Å²) < 4.78 is 5.96. The van der Waals surface area contributed by atoms with Crippen molar-refractivity contribution < 1.29 is 19.4 Å². The summed E-state index contributed by atoms with van der Waals surface area (Å²) in [6, 6.07) is 15.6. The monoisotopic (exact) mass is 460 g/mol. The van der Waals surface area contributed by atoms with Gasteiger partial charge in [-0.3, -0.25) is 9.59 Å². The zero-order valence-corrected chi connectivity index (χ0v) is 19.6. The van der Waals surface area contributed by atoms with Gasteiger partial charge in [-0.2, -0.15) is 0 Å². The predicted molar refractivity (Wildman–Crippen MR) is 129 cm³/mol. The first-order valence-corrected chi connectivity index (χ1v) is 11.0. The lowest BCUT2D eigenvalue weighted by Gasteiger charge is -2.25. The van der Waals surface area contributed by atoms with Crippen LogP contribution in [-0.4, -0.2) is 36.2 Å². The molecule has 2 N–H and O–H groups in total. The van der Waals surface area contributed by atoms with Crippen LogP contribution in [0, 0.1) is 0 Å². The van der Waals surface area contributed by atoms with E-state index in [0.29, 0.717) is 31.2 Å². The van der Waals surface area contributed by atoms with Crippen molar-refractivity contribution in [3.8, 4) is 5.75 Å². The summed E-state index contributed by atoms with van der Waals surface area (Å²) >= 11 is 0. The minimum atomic E-state index is -0.768. The van der Waals surface area contributed by atoms with Crippen LogP contribution in [0.15, 0.2) is 48.5 Å². The highest BCUT2D eigenvalue weighted by Crippen LogP contribution is 2.32. The summed E-state index contributed by atoms with van der Waals surface area (Å²) in [7, 11) is 0. The maximum absolute atomic E-state index is 13.4. The van der Waals surface area contributed by atoms with Gasteiger partial charge in [0.15, 0.2) is 0 Å². The van der Waals surface area contributed by atoms with Gasteiger partial charge >= 0.3 is 5.97 Å². The van der Waals surface area contributed by atoms with Crippen molar-refractivity contribution in [3.63, 3.8) is 0 Å². The first-order valence-electron chi connectivity index (χ1n) is 11.0. The molecule has 0 spiro atoms. The minimum absolute atomic E-state index is 0. The Morgan fingerprint density at radius 1 is 1.12 bits per heavy atom. The second-order valence-corrected chi connectivity index (χ2v) is 8.31. The maximum Gasteiger partial charge on any atom is 0.303 e. The fourth-order valence-corrected chi connectivity index (χ4v) is 3.71. The summed E-state index contributed by atoms with van der Waals surface area (Å²) in [5, 5.41) is 12.0. The Morgan fingerprint density at radius 2 is 1.84 bits per heavy atom. The smallest absolute Gasteiger partial charge is 0.303 e. The number of anilines is 1. The van der Waals surface area contributed by atoms with Gasteiger partial charge in [0.1, 0.15) is 18.4 Å². The van der Waals surface area contributed by atoms with Gasteiger partial charge in [-0.25, -0.2) is 0 Å². The van der Waals surface area contributed by atoms with E-state index < -0.39 is 12.0 Å². The van der Waals surface area contributed by atoms with Gasteiger partial charge < -0.3 is 20.1 Å². The van der Waals surface area contributed by atoms with E-state index in [1.807, 2.05) is 24.3 Å². The number of hydrogen-bond acceptors (Lipinski definition) is 4. The van der Waals surface area contributed by atoms with E-state index in [-0.39, 0.29) is 31.3 Å². The van der Waals surface area contributed by atoms with Crippen LogP contribution >= 0.6 is 12.4 Å². The Balaban J connectivity index is 0.00000363. The Kier molecular flexibility index (Phi) is 10.0. The molecule has 7 heteroatoms. The van der Waals surface area contributed by atoms with Gasteiger partial charge in [0.25, 0.3) is 0 Å². The number of nitrogens with one attached hydrogen (secondary N) is 1. The van der Waals surface area contributed by atoms with Crippen LogP contribution in [0.4, 0.5) is 5.69 Å². The van der Waals surface area contributed by atoms with Crippen LogP contribution in [0.1, 0.15) is 56.6 Å². The molecular formula is C25H33ClN2O4. The molecule has 1 atom stereocenters. The molecule has 0 aromatic heterocycles. The van der Waals surface area contributed by atoms with Gasteiger partial charge in [0.05, 0.1) is 12.2 Å². The lowest BCUT2D eigenvalue weighted by Crippen LogP contribution is -2.48. The van der Waals surface area contributed by atoms with Crippen molar-refractivity contribution in [2.75, 3.05) is 18.1 Å². The number of carboxylic acid groups (broad SMARTS) is 1. The van der Waals surface area contributed by atoms with E-state index in [1.54, 1.807) is 4.90 Å². The summed E-state index contributed by atoms with van der Waals surface area (Å²) in [6.45, 7) is 5.73. The van der Waals surface area contributed by atoms with Crippen LogP contribution in [-0.2, 0) is 16.1 Å². The topological polar surface area (TPSA) is 78.9 Å². The predicted octanol–water partition coefficient (Wildman–Crippen LogP) is 4.76. The number of para-hydroxylation sites is 2. The van der Waals surface area contributed by atoms with Gasteiger partial charge in [0, 0.05) is 6.42 Å². The van der Waals surface area contributed by atoms with E-state index in [4.69, 9.17) is 9.84 Å². The Hall–Kier alpha value is -2.57. The van der Waals surface area contributed by atoms with Crippen molar-refractivity contribution >= 4 is 30.0 Å². The standard InChI is InChI=1S/C25H32N2O4.ClH/c1-18(2)20-13-11-19(12-14-20)16-27-22-8-5-6-9-23(22)31-17-21(25(27)30)26-15-7-3-4-10-24(28)29;/h5-6,8-9,11-14,18,21,26H,3-4,7,10,15-17H2,1-2H3,(H,28,29);1H/t21-;/m0./s1. The first-order chi connectivity index (χ1) is 15.0. The number of carboxylic acids is 1. The molecule has 0 fully saturated rings. The van der Waals surface area contributed by atoms with Crippen molar-refractivity contribution in [1.82, 2.24) is 5.32 Å². The number of benzene rings is 2. The highest BCUT2D eigenvalue weighted by molar-refractivity contribution is 5.99. The molecule has 0 unspecified atom stereocenters. The van der Waals surface area contributed by atoms with Crippen LogP contribution in [0.2, 0.25) is 0 Å². The number of carbonyl (C=O) groups excluding carboxylic acids is 1. The van der Waals surface area contributed by atoms with E-state index in [0.717, 1.165) is 24.1 Å². The number of unbranched alkanes of at least 4 members (excludes halogenated alkanes) is 2. The molecule has 1 aliphatic rings. The van der Waals surface area contributed by atoms with Crippen LogP contribution in [0.25, 0.3) is 0 Å². The second-order valence-electron chi connectivity index (χ2n) is 8.31. The third kappa shape index (κ3) is 6.97. The number of ether oxygens (including phenoxy) is 1. The number of carbonyl (C=O) groups is 2. The average Bonchev–Trinajstić information content (AvgIpc) is 2.88. The molecule has 1 aliphatic heterocycles. The fraction of sp³-hybridized carbons (Fsp3) is 0.440. The molecule has 0 radical (unpaired) electrons. The molecule has 2 aromatic rings. The van der Waals surface area contributed by atoms with E-state index >= 15 is 0 Å². The quantitative estimate of drug-likeness (QED) is 0.500. The number of fused-ring (bicyclic) bond motifs is 1. The molecule has 6 nitrogen and oxygen atoms in total. The molecule has 0 aliphatic carbocycles. The second kappa shape index (κ2) is 12.5. The third-order valence-electron chi connectivity index (χ3n) is 5.57. The molecule has 1 amide bonds. The first kappa shape index (κ1) is 25.7. The molecule has 0 saturated carbocycles. The maximum atomic E-state index is 13.4. The molecular weight excluding hydrogens is 428 g/mol. The molecule has 3 rings (SSSR count). The SMILES string of the molecule is CC(C)c1ccc(CN2C(=O)[C@@H](NCCCCCC(=O)O)COc3ccccc32)cc1.Cl. The molecule has 1 heterocycles. The largest absolute Gasteiger partial charge is 0.489 e. The van der Waals surface area contributed by atoms with Crippen molar-refractivity contribution in [3.05, 3.63) is 59.7 Å². The zero-order chi connectivity index (χ0) is 22.2. The van der Waals surface area contributed by atoms with E-state index in [1.165, 1.54) is 5.56 Å². The number of nitrogens with zero attached hydrogens (tertiary/aromatic N) is 1. The van der Waals surface area contributed by atoms with Crippen molar-refractivity contribution in [1.29, 1.82) is 0 Å². The third-order valence-corrected chi connectivity index (χ3v) is 5.57. The Labute approximate surface area is 196 Å². The highest BCUT2D eigenvalue weighted by atomic mass is 35.5. The number of rotatable bonds is 10. The number of halogens is 1. The highest BCUT2D eigenvalue weighted by Gasteiger charge is 2.31. The average molecular weight is 461 g/mol. The molecule has 2 aromatic carbocycles. The van der Waals surface area contributed by atoms with E-state index in [9.17, 15) is 9.59 Å². The molecule has 174 valence electrons. The number of aliphatic carboxylic acids is 1. The fourth-order valence-electron chi connectivity index (χ4n) is 3.71. The summed E-state index contributed by atoms with van der Waals surface area (Å²) in [6.07, 6.45) is 2.47. The normalized spacial score (nSPS) is 15.5. The molecule has 0 saturated heterocycles. The van der Waals surface area contributed by atoms with Gasteiger partial charge in [-0.15, -0.1) is 12.4 Å². The van der Waals surface area contributed by atoms with Crippen LogP contribution < -0.4 is 15.0 Å². The van der Waals surface area contributed by atoms with Crippen molar-refractivity contribution in [2.45, 2.75) is 58.0 Å². The number of hydrogen-bond donors (Lipinski definition) is 2. The lowest BCUT2D eigenvalue weighted by molar-refractivity contribution is -0.137. The van der Waals surface area contributed by atoms with Gasteiger partial charge in [0.2, 0.25) is 5.91 Å². The zero-order valence-electron chi connectivity index (χ0n) is 18.8. The van der Waals surface area contributed by atoms with E-state index in [2.05, 4.69) is 43.4 Å². The van der Waals surface area contributed by atoms with Crippen LogP contribution in [0.3, 0.4) is 0 Å². The number of amides is 1. The lowest BCUT2D eigenvalue weighted by atomic mass is 10.0. The summed E-state index contributed by atoms with van der Waals surface area (Å²) in [5.74, 6) is 0.394. The summed E-state index contributed by atoms with van der Waals surface area (Å²) in [5.41, 5.74) is 3.13. The van der Waals surface area contributed by atoms with Gasteiger partial charge in [-0.1, -0.05) is 56.7 Å². The van der Waals surface area contributed by atoms with Crippen LogP contribution in [0.5, 0.6) is 5.75 Å². The molecule has 32 heavy (non-hydrogen) atoms.